The molecule has 16 heavy (non-hydrogen) atoms. The number of anilines is 1. The molecule has 0 spiro atoms. The molecule has 1 aliphatic rings. The van der Waals surface area contributed by atoms with Crippen molar-refractivity contribution in [3.05, 3.63) is 29.6 Å². The number of benzene rings is 1. The average molecular weight is 223 g/mol. The molecule has 2 atom stereocenters. The van der Waals surface area contributed by atoms with Crippen molar-refractivity contribution in [1.29, 1.82) is 0 Å². The molecule has 0 radical (unpaired) electrons. The van der Waals surface area contributed by atoms with Gasteiger partial charge in [0.1, 0.15) is 11.9 Å². The van der Waals surface area contributed by atoms with Gasteiger partial charge in [-0.3, -0.25) is 4.79 Å². The van der Waals surface area contributed by atoms with Gasteiger partial charge in [-0.15, -0.1) is 0 Å². The highest BCUT2D eigenvalue weighted by Gasteiger charge is 2.31. The fraction of sp³-hybridized carbons (Fsp3) is 0.417. The van der Waals surface area contributed by atoms with Gasteiger partial charge in [0.2, 0.25) is 0 Å². The summed E-state index contributed by atoms with van der Waals surface area (Å²) in [5.74, 6) is -0.534. The molecular weight excluding hydrogens is 209 g/mol. The lowest BCUT2D eigenvalue weighted by Crippen LogP contribution is -2.25. The Morgan fingerprint density at radius 3 is 2.88 bits per heavy atom. The van der Waals surface area contributed by atoms with E-state index in [1.807, 2.05) is 6.92 Å². The molecule has 0 aliphatic carbocycles. The third kappa shape index (κ3) is 1.93. The number of nitrogens with two attached hydrogens (primary N) is 1. The van der Waals surface area contributed by atoms with Crippen LogP contribution in [0.5, 0.6) is 0 Å². The summed E-state index contributed by atoms with van der Waals surface area (Å²) in [6.45, 7) is 2.55. The lowest BCUT2D eigenvalue weighted by Gasteiger charge is -2.13. The van der Waals surface area contributed by atoms with E-state index in [1.165, 1.54) is 18.2 Å². The minimum absolute atomic E-state index is 0.0527. The third-order valence-corrected chi connectivity index (χ3v) is 2.93. The Labute approximate surface area is 93.4 Å². The van der Waals surface area contributed by atoms with Crippen LogP contribution < -0.4 is 5.73 Å². The number of carbonyl (C=O) groups excluding carboxylic acids is 1. The lowest BCUT2D eigenvalue weighted by molar-refractivity contribution is 0.0579. The molecule has 0 aromatic heterocycles. The van der Waals surface area contributed by atoms with Crippen LogP contribution in [-0.2, 0) is 4.74 Å². The van der Waals surface area contributed by atoms with Crippen molar-refractivity contribution < 1.29 is 13.9 Å². The Hall–Kier alpha value is -1.42. The van der Waals surface area contributed by atoms with Gasteiger partial charge in [-0.2, -0.15) is 0 Å². The summed E-state index contributed by atoms with van der Waals surface area (Å²) < 4.78 is 18.6. The minimum Gasteiger partial charge on any atom is -0.396 e. The van der Waals surface area contributed by atoms with E-state index in [4.69, 9.17) is 10.5 Å². The zero-order valence-corrected chi connectivity index (χ0v) is 9.07. The van der Waals surface area contributed by atoms with Crippen LogP contribution in [0.4, 0.5) is 10.1 Å². The van der Waals surface area contributed by atoms with Gasteiger partial charge in [0.05, 0.1) is 5.69 Å². The van der Waals surface area contributed by atoms with Crippen molar-refractivity contribution in [3.63, 3.8) is 0 Å². The monoisotopic (exact) mass is 223 g/mol. The van der Waals surface area contributed by atoms with E-state index in [1.54, 1.807) is 0 Å². The highest BCUT2D eigenvalue weighted by Crippen LogP contribution is 2.24. The Morgan fingerprint density at radius 1 is 1.56 bits per heavy atom. The van der Waals surface area contributed by atoms with Crippen LogP contribution in [0.15, 0.2) is 18.2 Å². The summed E-state index contributed by atoms with van der Waals surface area (Å²) in [4.78, 5) is 12.0. The van der Waals surface area contributed by atoms with E-state index in [9.17, 15) is 9.18 Å². The average Bonchev–Trinajstić information content (AvgIpc) is 2.67. The summed E-state index contributed by atoms with van der Waals surface area (Å²) in [5.41, 5.74) is 5.73. The van der Waals surface area contributed by atoms with Crippen LogP contribution in [-0.4, -0.2) is 18.5 Å². The van der Waals surface area contributed by atoms with Gasteiger partial charge in [0, 0.05) is 12.2 Å². The number of hydrogen-bond acceptors (Lipinski definition) is 3. The molecule has 4 heteroatoms. The summed E-state index contributed by atoms with van der Waals surface area (Å²) in [5, 5.41) is 0. The van der Waals surface area contributed by atoms with Gasteiger partial charge in [0.15, 0.2) is 5.78 Å². The van der Waals surface area contributed by atoms with Crippen molar-refractivity contribution in [3.8, 4) is 0 Å². The topological polar surface area (TPSA) is 52.3 Å². The van der Waals surface area contributed by atoms with Gasteiger partial charge in [0.25, 0.3) is 0 Å². The molecule has 2 rings (SSSR count). The summed E-state index contributed by atoms with van der Waals surface area (Å²) in [6.07, 6.45) is 0.427. The third-order valence-electron chi connectivity index (χ3n) is 2.93. The molecule has 0 bridgehead atoms. The van der Waals surface area contributed by atoms with Crippen LogP contribution >= 0.6 is 0 Å². The maximum absolute atomic E-state index is 13.2. The Balaban J connectivity index is 2.23. The highest BCUT2D eigenvalue weighted by atomic mass is 19.1. The number of rotatable bonds is 2. The van der Waals surface area contributed by atoms with Crippen molar-refractivity contribution in [2.24, 2.45) is 5.92 Å². The van der Waals surface area contributed by atoms with Gasteiger partial charge >= 0.3 is 0 Å². The maximum atomic E-state index is 13.2. The van der Waals surface area contributed by atoms with Crippen LogP contribution in [0.2, 0.25) is 0 Å². The van der Waals surface area contributed by atoms with Gasteiger partial charge in [-0.05, 0) is 30.5 Å². The summed E-state index contributed by atoms with van der Waals surface area (Å²) in [7, 11) is 0. The molecule has 1 heterocycles. The first kappa shape index (κ1) is 11.1. The molecule has 0 amide bonds. The van der Waals surface area contributed by atoms with E-state index in [0.29, 0.717) is 12.2 Å². The molecule has 1 fully saturated rings. The van der Waals surface area contributed by atoms with Crippen molar-refractivity contribution in [2.45, 2.75) is 19.4 Å². The van der Waals surface area contributed by atoms with E-state index in [-0.39, 0.29) is 17.4 Å². The quantitative estimate of drug-likeness (QED) is 0.616. The SMILES string of the molecule is CC1CCOC1C(=O)c1ccc(N)c(F)c1. The van der Waals surface area contributed by atoms with Crippen molar-refractivity contribution in [2.75, 3.05) is 12.3 Å². The first-order chi connectivity index (χ1) is 7.59. The van der Waals surface area contributed by atoms with E-state index >= 15 is 0 Å². The van der Waals surface area contributed by atoms with Gasteiger partial charge in [-0.25, -0.2) is 4.39 Å². The molecule has 3 nitrogen and oxygen atoms in total. The maximum Gasteiger partial charge on any atom is 0.191 e. The second-order valence-electron chi connectivity index (χ2n) is 4.16. The predicted molar refractivity (Wildman–Crippen MR) is 58.7 cm³/mol. The van der Waals surface area contributed by atoms with Crippen molar-refractivity contribution in [1.82, 2.24) is 0 Å². The highest BCUT2D eigenvalue weighted by molar-refractivity contribution is 6.00. The van der Waals surface area contributed by atoms with E-state index in [0.717, 1.165) is 6.42 Å². The van der Waals surface area contributed by atoms with Crippen LogP contribution in [0.25, 0.3) is 0 Å². The second kappa shape index (κ2) is 4.22. The minimum atomic E-state index is -0.559. The number of ether oxygens (including phenoxy) is 1. The number of Topliss-reactive ketones (excluding diaryl/α,β-unsaturated/α-hetero) is 1. The van der Waals surface area contributed by atoms with Crippen LogP contribution in [0.3, 0.4) is 0 Å². The summed E-state index contributed by atoms with van der Waals surface area (Å²) >= 11 is 0. The molecule has 1 aromatic rings. The number of halogens is 1. The lowest BCUT2D eigenvalue weighted by atomic mass is 9.96. The zero-order valence-electron chi connectivity index (χ0n) is 9.07. The number of hydrogen-bond donors (Lipinski definition) is 1. The standard InChI is InChI=1S/C12H14FNO2/c1-7-4-5-16-12(7)11(15)8-2-3-10(14)9(13)6-8/h2-3,6-7,12H,4-5,14H2,1H3. The van der Waals surface area contributed by atoms with Gasteiger partial charge < -0.3 is 10.5 Å². The smallest absolute Gasteiger partial charge is 0.191 e. The molecule has 2 unspecified atom stereocenters. The zero-order chi connectivity index (χ0) is 11.7. The molecule has 1 aromatic carbocycles. The van der Waals surface area contributed by atoms with Gasteiger partial charge in [-0.1, -0.05) is 6.92 Å². The second-order valence-corrected chi connectivity index (χ2v) is 4.16. The number of ketones is 1. The molecule has 1 saturated heterocycles. The molecular formula is C12H14FNO2. The fourth-order valence-electron chi connectivity index (χ4n) is 1.88. The van der Waals surface area contributed by atoms with Crippen LogP contribution in [0, 0.1) is 11.7 Å². The largest absolute Gasteiger partial charge is 0.396 e. The molecule has 0 saturated carbocycles. The fourth-order valence-corrected chi connectivity index (χ4v) is 1.88. The Morgan fingerprint density at radius 2 is 2.31 bits per heavy atom. The number of nitrogen functional groups attached to an aromatic ring is 1. The van der Waals surface area contributed by atoms with E-state index < -0.39 is 11.9 Å². The van der Waals surface area contributed by atoms with Crippen LogP contribution in [0.1, 0.15) is 23.7 Å². The summed E-state index contributed by atoms with van der Waals surface area (Å²) in [6, 6.07) is 4.11. The Bertz CT molecular complexity index is 419. The van der Waals surface area contributed by atoms with Crippen molar-refractivity contribution >= 4 is 11.5 Å². The predicted octanol–water partition coefficient (Wildman–Crippen LogP) is 2.02. The molecule has 2 N–H and O–H groups in total. The number of carbonyl (C=O) groups is 1. The first-order valence-electron chi connectivity index (χ1n) is 5.30. The molecule has 1 aliphatic heterocycles. The molecule has 86 valence electrons. The first-order valence-corrected chi connectivity index (χ1v) is 5.30. The Kier molecular flexibility index (Phi) is 2.92. The van der Waals surface area contributed by atoms with E-state index in [2.05, 4.69) is 0 Å². The normalized spacial score (nSPS) is 24.6.